The smallest absolute Gasteiger partial charge is 0.0453 e. The second-order valence-corrected chi connectivity index (χ2v) is 6.04. The lowest BCUT2D eigenvalue weighted by Crippen LogP contribution is -2.30. The molecule has 0 aliphatic heterocycles. The van der Waals surface area contributed by atoms with Crippen LogP contribution in [0.4, 0.5) is 0 Å². The molecule has 0 aromatic heterocycles. The highest BCUT2D eigenvalue weighted by Gasteiger charge is 2.11. The largest absolute Gasteiger partial charge is 0.316 e. The van der Waals surface area contributed by atoms with Gasteiger partial charge in [0.1, 0.15) is 0 Å². The predicted octanol–water partition coefficient (Wildman–Crippen LogP) is 5.02. The van der Waals surface area contributed by atoms with E-state index in [0.717, 1.165) is 23.4 Å². The van der Waals surface area contributed by atoms with Crippen LogP contribution in [-0.4, -0.2) is 13.1 Å². The van der Waals surface area contributed by atoms with E-state index in [1.54, 1.807) is 6.07 Å². The minimum Gasteiger partial charge on any atom is -0.316 e. The highest BCUT2D eigenvalue weighted by molar-refractivity contribution is 6.35. The molecule has 106 valence electrons. The molecule has 1 nitrogen and oxygen atoms in total. The van der Waals surface area contributed by atoms with E-state index in [1.807, 2.05) is 37.4 Å². The van der Waals surface area contributed by atoms with E-state index in [2.05, 4.69) is 11.4 Å². The Kier molecular flexibility index (Phi) is 5.74. The first-order valence-corrected chi connectivity index (χ1v) is 7.57. The van der Waals surface area contributed by atoms with E-state index in [9.17, 15) is 0 Å². The molecule has 0 heterocycles. The van der Waals surface area contributed by atoms with Gasteiger partial charge in [-0.15, -0.1) is 0 Å². The summed E-state index contributed by atoms with van der Waals surface area (Å²) >= 11 is 18.2. The van der Waals surface area contributed by atoms with Crippen LogP contribution in [0.25, 0.3) is 0 Å². The van der Waals surface area contributed by atoms with E-state index in [0.29, 0.717) is 16.1 Å². The van der Waals surface area contributed by atoms with E-state index < -0.39 is 0 Å². The van der Waals surface area contributed by atoms with Crippen LogP contribution in [-0.2, 0) is 12.8 Å². The summed E-state index contributed by atoms with van der Waals surface area (Å²) < 4.78 is 0. The molecule has 0 aliphatic rings. The van der Waals surface area contributed by atoms with Crippen molar-refractivity contribution >= 4 is 34.8 Å². The van der Waals surface area contributed by atoms with Gasteiger partial charge in [-0.05, 0) is 55.3 Å². The van der Waals surface area contributed by atoms with Crippen molar-refractivity contribution in [2.24, 2.45) is 0 Å². The Morgan fingerprint density at radius 3 is 2.35 bits per heavy atom. The molecule has 0 saturated heterocycles. The van der Waals surface area contributed by atoms with Crippen molar-refractivity contribution < 1.29 is 0 Å². The molecule has 0 fully saturated rings. The number of hydrogen-bond donors (Lipinski definition) is 1. The summed E-state index contributed by atoms with van der Waals surface area (Å²) in [7, 11) is 1.96. The van der Waals surface area contributed by atoms with Crippen LogP contribution in [0, 0.1) is 0 Å². The molecule has 0 amide bonds. The number of benzene rings is 2. The summed E-state index contributed by atoms with van der Waals surface area (Å²) in [6, 6.07) is 13.9. The molecular weight excluding hydrogens is 313 g/mol. The van der Waals surface area contributed by atoms with Gasteiger partial charge in [-0.2, -0.15) is 0 Å². The van der Waals surface area contributed by atoms with Crippen molar-refractivity contribution in [3.05, 3.63) is 68.7 Å². The predicted molar refractivity (Wildman–Crippen MR) is 88.2 cm³/mol. The molecule has 0 radical (unpaired) electrons. The van der Waals surface area contributed by atoms with Gasteiger partial charge in [0.25, 0.3) is 0 Å². The van der Waals surface area contributed by atoms with Crippen LogP contribution >= 0.6 is 34.8 Å². The van der Waals surface area contributed by atoms with Crippen molar-refractivity contribution in [1.82, 2.24) is 5.32 Å². The van der Waals surface area contributed by atoms with Crippen molar-refractivity contribution in [2.45, 2.75) is 18.9 Å². The average Bonchev–Trinajstić information content (AvgIpc) is 2.41. The van der Waals surface area contributed by atoms with Crippen LogP contribution in [0.2, 0.25) is 15.1 Å². The minimum absolute atomic E-state index is 0.298. The Bertz CT molecular complexity index is 584. The second-order valence-electron chi connectivity index (χ2n) is 4.76. The minimum atomic E-state index is 0.298. The monoisotopic (exact) mass is 327 g/mol. The number of nitrogens with one attached hydrogen (secondary N) is 1. The fraction of sp³-hybridized carbons (Fsp3) is 0.250. The molecule has 0 spiro atoms. The summed E-state index contributed by atoms with van der Waals surface area (Å²) in [6.07, 6.45) is 1.75. The van der Waals surface area contributed by atoms with E-state index >= 15 is 0 Å². The first-order valence-electron chi connectivity index (χ1n) is 6.44. The van der Waals surface area contributed by atoms with Gasteiger partial charge in [-0.3, -0.25) is 0 Å². The zero-order valence-corrected chi connectivity index (χ0v) is 13.4. The lowest BCUT2D eigenvalue weighted by molar-refractivity contribution is 0.556. The molecule has 20 heavy (non-hydrogen) atoms. The number of halogens is 3. The van der Waals surface area contributed by atoms with Gasteiger partial charge >= 0.3 is 0 Å². The molecule has 0 aliphatic carbocycles. The number of rotatable bonds is 5. The van der Waals surface area contributed by atoms with Crippen molar-refractivity contribution in [3.63, 3.8) is 0 Å². The quantitative estimate of drug-likeness (QED) is 0.812. The van der Waals surface area contributed by atoms with Gasteiger partial charge in [0.2, 0.25) is 0 Å². The van der Waals surface area contributed by atoms with Gasteiger partial charge in [0, 0.05) is 21.1 Å². The van der Waals surface area contributed by atoms with Crippen LogP contribution in [0.5, 0.6) is 0 Å². The number of likely N-dealkylation sites (N-methyl/N-ethyl adjacent to an activating group) is 1. The highest BCUT2D eigenvalue weighted by atomic mass is 35.5. The third-order valence-electron chi connectivity index (χ3n) is 3.26. The Labute approximate surface area is 134 Å². The summed E-state index contributed by atoms with van der Waals surface area (Å²) in [5.41, 5.74) is 2.30. The second kappa shape index (κ2) is 7.33. The maximum absolute atomic E-state index is 6.23. The van der Waals surface area contributed by atoms with Crippen molar-refractivity contribution in [1.29, 1.82) is 0 Å². The summed E-state index contributed by atoms with van der Waals surface area (Å²) in [5, 5.41) is 5.46. The Hall–Kier alpha value is -0.730. The lowest BCUT2D eigenvalue weighted by atomic mass is 9.99. The molecule has 4 heteroatoms. The zero-order valence-electron chi connectivity index (χ0n) is 11.2. The van der Waals surface area contributed by atoms with E-state index in [-0.39, 0.29) is 0 Å². The van der Waals surface area contributed by atoms with Gasteiger partial charge in [0.05, 0.1) is 0 Å². The first-order chi connectivity index (χ1) is 9.58. The SMILES string of the molecule is CNC(Cc1cccc(Cl)c1)Cc1ccc(Cl)cc1Cl. The third kappa shape index (κ3) is 4.39. The molecule has 1 unspecified atom stereocenters. The zero-order chi connectivity index (χ0) is 14.5. The van der Waals surface area contributed by atoms with Crippen LogP contribution in [0.15, 0.2) is 42.5 Å². The highest BCUT2D eigenvalue weighted by Crippen LogP contribution is 2.23. The van der Waals surface area contributed by atoms with E-state index in [4.69, 9.17) is 34.8 Å². The molecule has 2 aromatic carbocycles. The molecule has 1 atom stereocenters. The van der Waals surface area contributed by atoms with Crippen molar-refractivity contribution in [3.8, 4) is 0 Å². The topological polar surface area (TPSA) is 12.0 Å². The van der Waals surface area contributed by atoms with Gasteiger partial charge in [-0.25, -0.2) is 0 Å². The molecule has 2 aromatic rings. The Balaban J connectivity index is 2.09. The van der Waals surface area contributed by atoms with Gasteiger partial charge < -0.3 is 5.32 Å². The summed E-state index contributed by atoms with van der Waals surface area (Å²) in [5.74, 6) is 0. The Morgan fingerprint density at radius 2 is 1.70 bits per heavy atom. The van der Waals surface area contributed by atoms with Crippen LogP contribution < -0.4 is 5.32 Å². The number of hydrogen-bond acceptors (Lipinski definition) is 1. The Morgan fingerprint density at radius 1 is 0.950 bits per heavy atom. The molecule has 2 rings (SSSR count). The lowest BCUT2D eigenvalue weighted by Gasteiger charge is -2.17. The molecule has 1 N–H and O–H groups in total. The molecule has 0 saturated carbocycles. The summed E-state index contributed by atoms with van der Waals surface area (Å²) in [6.45, 7) is 0. The van der Waals surface area contributed by atoms with E-state index in [1.165, 1.54) is 5.56 Å². The average molecular weight is 329 g/mol. The maximum Gasteiger partial charge on any atom is 0.0453 e. The maximum atomic E-state index is 6.23. The van der Waals surface area contributed by atoms with Gasteiger partial charge in [0.15, 0.2) is 0 Å². The normalized spacial score (nSPS) is 12.4. The molecule has 0 bridgehead atoms. The first kappa shape index (κ1) is 15.7. The molecular formula is C16H16Cl3N. The standard InChI is InChI=1S/C16H16Cl3N/c1-20-15(8-11-3-2-4-13(17)7-11)9-12-5-6-14(18)10-16(12)19/h2-7,10,15,20H,8-9H2,1H3. The fourth-order valence-corrected chi connectivity index (χ4v) is 2.88. The van der Waals surface area contributed by atoms with Crippen molar-refractivity contribution in [2.75, 3.05) is 7.05 Å². The van der Waals surface area contributed by atoms with Crippen LogP contribution in [0.3, 0.4) is 0 Å². The summed E-state index contributed by atoms with van der Waals surface area (Å²) in [4.78, 5) is 0. The van der Waals surface area contributed by atoms with Crippen LogP contribution in [0.1, 0.15) is 11.1 Å². The fourth-order valence-electron chi connectivity index (χ4n) is 2.18. The van der Waals surface area contributed by atoms with Gasteiger partial charge in [-0.1, -0.05) is 53.0 Å². The third-order valence-corrected chi connectivity index (χ3v) is 4.08.